The van der Waals surface area contributed by atoms with Gasteiger partial charge in [-0.25, -0.2) is 0 Å². The van der Waals surface area contributed by atoms with Crippen molar-refractivity contribution in [2.24, 2.45) is 0 Å². The quantitative estimate of drug-likeness (QED) is 0.478. The lowest BCUT2D eigenvalue weighted by molar-refractivity contribution is 0.350. The van der Waals surface area contributed by atoms with E-state index in [1.54, 1.807) is 0 Å². The fourth-order valence-corrected chi connectivity index (χ4v) is 3.08. The highest BCUT2D eigenvalue weighted by atomic mass is 32.2. The average molecular weight is 190 g/mol. The summed E-state index contributed by atoms with van der Waals surface area (Å²) in [7, 11) is 0.907. The van der Waals surface area contributed by atoms with Gasteiger partial charge < -0.3 is 4.43 Å². The van der Waals surface area contributed by atoms with Gasteiger partial charge in [0.25, 0.3) is 0 Å². The molecule has 0 radical (unpaired) electrons. The zero-order valence-electron chi connectivity index (χ0n) is 7.34. The summed E-state index contributed by atoms with van der Waals surface area (Å²) < 4.78 is 5.13. The molecule has 0 aromatic heterocycles. The van der Waals surface area contributed by atoms with Crippen molar-refractivity contribution < 1.29 is 4.43 Å². The first-order valence-corrected chi connectivity index (χ1v) is 6.40. The van der Waals surface area contributed by atoms with Gasteiger partial charge in [0, 0.05) is 11.9 Å². The highest BCUT2D eigenvalue weighted by Crippen LogP contribution is 2.29. The maximum absolute atomic E-state index is 5.13. The third-order valence-electron chi connectivity index (χ3n) is 2.15. The molecule has 0 aliphatic heterocycles. The predicted octanol–water partition coefficient (Wildman–Crippen LogP) is 1.35. The van der Waals surface area contributed by atoms with E-state index in [2.05, 4.69) is 11.8 Å². The van der Waals surface area contributed by atoms with Gasteiger partial charge in [0.2, 0.25) is 0 Å². The van der Waals surface area contributed by atoms with Gasteiger partial charge in [-0.3, -0.25) is 0 Å². The molecule has 3 heteroatoms. The van der Waals surface area contributed by atoms with Crippen LogP contribution in [0.15, 0.2) is 0 Å². The first-order valence-electron chi connectivity index (χ1n) is 4.54. The van der Waals surface area contributed by atoms with Gasteiger partial charge in [0.15, 0.2) is 0 Å². The summed E-state index contributed by atoms with van der Waals surface area (Å²) in [4.78, 5) is 0. The van der Waals surface area contributed by atoms with Crippen LogP contribution in [0.5, 0.6) is 0 Å². The van der Waals surface area contributed by atoms with Crippen LogP contribution in [-0.4, -0.2) is 28.1 Å². The fraction of sp³-hybridized carbons (Fsp3) is 1.00. The van der Waals surface area contributed by atoms with Crippen molar-refractivity contribution in [1.82, 2.24) is 0 Å². The fourth-order valence-electron chi connectivity index (χ4n) is 1.51. The molecule has 1 nitrogen and oxygen atoms in total. The lowest BCUT2D eigenvalue weighted by Crippen LogP contribution is -1.98. The molecule has 0 spiro atoms. The largest absolute Gasteiger partial charge is 0.428 e. The molecule has 0 aromatic rings. The molecule has 1 saturated carbocycles. The number of rotatable bonds is 5. The summed E-state index contributed by atoms with van der Waals surface area (Å²) in [5.74, 6) is 1.31. The van der Waals surface area contributed by atoms with Crippen LogP contribution in [0.2, 0.25) is 0 Å². The minimum absolute atomic E-state index is 0.907. The van der Waals surface area contributed by atoms with E-state index < -0.39 is 0 Å². The second-order valence-electron chi connectivity index (χ2n) is 3.12. The molecule has 1 fully saturated rings. The maximum atomic E-state index is 5.13. The summed E-state index contributed by atoms with van der Waals surface area (Å²) in [6.45, 7) is 0.992. The van der Waals surface area contributed by atoms with Crippen molar-refractivity contribution >= 4 is 22.2 Å². The molecule has 0 saturated heterocycles. The summed E-state index contributed by atoms with van der Waals surface area (Å²) >= 11 is 2.16. The molecule has 11 heavy (non-hydrogen) atoms. The van der Waals surface area contributed by atoms with Crippen molar-refractivity contribution in [2.45, 2.75) is 37.4 Å². The van der Waals surface area contributed by atoms with Crippen molar-refractivity contribution in [1.29, 1.82) is 0 Å². The van der Waals surface area contributed by atoms with Crippen LogP contribution in [0.4, 0.5) is 0 Å². The topological polar surface area (TPSA) is 9.23 Å². The van der Waals surface area contributed by atoms with Gasteiger partial charge in [-0.15, -0.1) is 0 Å². The van der Waals surface area contributed by atoms with Crippen LogP contribution in [-0.2, 0) is 4.43 Å². The van der Waals surface area contributed by atoms with Crippen LogP contribution in [0.1, 0.15) is 32.1 Å². The first kappa shape index (κ1) is 9.61. The summed E-state index contributed by atoms with van der Waals surface area (Å²) in [6.07, 6.45) is 7.12. The Morgan fingerprint density at radius 2 is 2.09 bits per heavy atom. The minimum atomic E-state index is 0.907. The zero-order chi connectivity index (χ0) is 7.94. The van der Waals surface area contributed by atoms with Crippen LogP contribution < -0.4 is 0 Å². The van der Waals surface area contributed by atoms with Crippen LogP contribution in [0.3, 0.4) is 0 Å². The van der Waals surface area contributed by atoms with E-state index >= 15 is 0 Å². The molecular formula is C8H18OSSi. The molecule has 1 aliphatic carbocycles. The van der Waals surface area contributed by atoms with Crippen molar-refractivity contribution in [3.63, 3.8) is 0 Å². The second-order valence-corrected chi connectivity index (χ2v) is 5.11. The van der Waals surface area contributed by atoms with E-state index in [1.807, 2.05) is 0 Å². The third-order valence-corrected chi connectivity index (χ3v) is 4.02. The molecule has 0 bridgehead atoms. The Labute approximate surface area is 76.8 Å². The normalized spacial score (nSPS) is 19.6. The number of hydrogen-bond acceptors (Lipinski definition) is 2. The molecule has 0 atom stereocenters. The Hall–Kier alpha value is 0.527. The Morgan fingerprint density at radius 1 is 1.36 bits per heavy atom. The van der Waals surface area contributed by atoms with Crippen molar-refractivity contribution in [3.05, 3.63) is 0 Å². The highest BCUT2D eigenvalue weighted by Gasteiger charge is 2.14. The Balaban J connectivity index is 1.86. The van der Waals surface area contributed by atoms with Crippen molar-refractivity contribution in [3.8, 4) is 0 Å². The van der Waals surface area contributed by atoms with E-state index in [9.17, 15) is 0 Å². The van der Waals surface area contributed by atoms with Gasteiger partial charge in [-0.1, -0.05) is 12.8 Å². The predicted molar refractivity (Wildman–Crippen MR) is 55.2 cm³/mol. The van der Waals surface area contributed by atoms with Gasteiger partial charge in [0.1, 0.15) is 10.5 Å². The number of thioether (sulfide) groups is 1. The third kappa shape index (κ3) is 4.18. The highest BCUT2D eigenvalue weighted by molar-refractivity contribution is 7.99. The zero-order valence-corrected chi connectivity index (χ0v) is 10.2. The summed E-state index contributed by atoms with van der Waals surface area (Å²) in [5, 5.41) is 0.990. The molecule has 0 heterocycles. The van der Waals surface area contributed by atoms with E-state index in [0.29, 0.717) is 0 Å². The van der Waals surface area contributed by atoms with E-state index in [-0.39, 0.29) is 0 Å². The molecule has 0 aromatic carbocycles. The molecule has 0 N–H and O–H groups in total. The Kier molecular flexibility index (Phi) is 5.32. The van der Waals surface area contributed by atoms with Crippen LogP contribution in [0.25, 0.3) is 0 Å². The number of hydrogen-bond donors (Lipinski definition) is 0. The minimum Gasteiger partial charge on any atom is -0.428 e. The van der Waals surface area contributed by atoms with E-state index in [1.165, 1.54) is 37.9 Å². The van der Waals surface area contributed by atoms with Crippen LogP contribution in [0, 0.1) is 0 Å². The Morgan fingerprint density at radius 3 is 2.73 bits per heavy atom. The summed E-state index contributed by atoms with van der Waals surface area (Å²) in [6, 6.07) is 0. The van der Waals surface area contributed by atoms with Gasteiger partial charge in [0.05, 0.1) is 0 Å². The smallest absolute Gasteiger partial charge is 0.145 e. The molecule has 0 unspecified atom stereocenters. The molecule has 66 valence electrons. The Bertz CT molecular complexity index is 94.1. The van der Waals surface area contributed by atoms with Crippen molar-refractivity contribution in [2.75, 3.05) is 12.4 Å². The molecule has 0 amide bonds. The van der Waals surface area contributed by atoms with Gasteiger partial charge in [-0.05, 0) is 25.0 Å². The maximum Gasteiger partial charge on any atom is 0.145 e. The molecular weight excluding hydrogens is 172 g/mol. The SMILES string of the molecule is [SiH3]OCCCSC1CCCC1. The monoisotopic (exact) mass is 190 g/mol. The lowest BCUT2D eigenvalue weighted by Gasteiger charge is -2.07. The summed E-state index contributed by atoms with van der Waals surface area (Å²) in [5.41, 5.74) is 0. The lowest BCUT2D eigenvalue weighted by atomic mass is 10.4. The molecule has 1 rings (SSSR count). The van der Waals surface area contributed by atoms with E-state index in [0.717, 1.165) is 22.3 Å². The first-order chi connectivity index (χ1) is 5.43. The average Bonchev–Trinajstić information content (AvgIpc) is 2.50. The standard InChI is InChI=1S/C8H18OSSi/c11-9-6-3-7-10-8-4-1-2-5-8/h8H,1-7H2,11H3. The molecule has 1 aliphatic rings. The van der Waals surface area contributed by atoms with Gasteiger partial charge in [-0.2, -0.15) is 11.8 Å². The van der Waals surface area contributed by atoms with Crippen LogP contribution >= 0.6 is 11.8 Å². The van der Waals surface area contributed by atoms with E-state index in [4.69, 9.17) is 4.43 Å². The van der Waals surface area contributed by atoms with Gasteiger partial charge >= 0.3 is 0 Å². The second kappa shape index (κ2) is 6.09.